The fourth-order valence-corrected chi connectivity index (χ4v) is 5.51. The zero-order chi connectivity index (χ0) is 29.4. The quantitative estimate of drug-likeness (QED) is 0.303. The number of halogens is 2. The molecule has 3 aromatic rings. The number of methoxy groups -OCH3 is 1. The van der Waals surface area contributed by atoms with Crippen LogP contribution >= 0.6 is 15.9 Å². The molecule has 0 heterocycles. The Kier molecular flexibility index (Phi) is 10.7. The third-order valence-electron chi connectivity index (χ3n) is 6.16. The molecular formula is C29H33BrFN3O5S. The van der Waals surface area contributed by atoms with Crippen LogP contribution in [0.3, 0.4) is 0 Å². The van der Waals surface area contributed by atoms with Gasteiger partial charge in [0, 0.05) is 17.6 Å². The number of sulfonamides is 1. The van der Waals surface area contributed by atoms with Gasteiger partial charge in [-0.3, -0.25) is 13.9 Å². The van der Waals surface area contributed by atoms with E-state index >= 15 is 0 Å². The maximum atomic E-state index is 13.9. The van der Waals surface area contributed by atoms with Crippen LogP contribution in [-0.4, -0.2) is 51.4 Å². The number of ether oxygens (including phenoxy) is 1. The van der Waals surface area contributed by atoms with Crippen LogP contribution in [0.5, 0.6) is 5.75 Å². The molecule has 214 valence electrons. The standard InChI is InChI=1S/C29H33BrFN3O5S/c1-20(2)17-32-29(36)21(3)33(18-22-5-7-23(30)8-6-22)28(35)19-34(25-11-9-24(31)10-12-25)40(37,38)27-15-13-26(39-4)14-16-27/h5-16,20-21H,17-19H2,1-4H3,(H,32,36)/t21-/m0/s1. The fourth-order valence-electron chi connectivity index (χ4n) is 3.83. The molecule has 0 radical (unpaired) electrons. The number of nitrogens with one attached hydrogen (secondary N) is 1. The minimum absolute atomic E-state index is 0.0716. The van der Waals surface area contributed by atoms with Gasteiger partial charge in [0.15, 0.2) is 0 Å². The first-order chi connectivity index (χ1) is 18.9. The Morgan fingerprint density at radius 3 is 2.10 bits per heavy atom. The molecule has 0 aliphatic rings. The number of nitrogens with zero attached hydrogens (tertiary/aromatic N) is 2. The summed E-state index contributed by atoms with van der Waals surface area (Å²) >= 11 is 3.39. The second-order valence-corrected chi connectivity index (χ2v) is 12.4. The van der Waals surface area contributed by atoms with Gasteiger partial charge in [0.2, 0.25) is 11.8 Å². The van der Waals surface area contributed by atoms with E-state index in [4.69, 9.17) is 4.74 Å². The number of carbonyl (C=O) groups excluding carboxylic acids is 2. The molecule has 0 saturated carbocycles. The zero-order valence-corrected chi connectivity index (χ0v) is 25.2. The third-order valence-corrected chi connectivity index (χ3v) is 8.48. The van der Waals surface area contributed by atoms with Gasteiger partial charge in [-0.2, -0.15) is 0 Å². The molecule has 0 aliphatic carbocycles. The summed E-state index contributed by atoms with van der Waals surface area (Å²) in [7, 11) is -2.80. The molecule has 8 nitrogen and oxygen atoms in total. The van der Waals surface area contributed by atoms with Crippen LogP contribution in [0.4, 0.5) is 10.1 Å². The van der Waals surface area contributed by atoms with Crippen molar-refractivity contribution in [2.45, 2.75) is 38.3 Å². The summed E-state index contributed by atoms with van der Waals surface area (Å²) in [4.78, 5) is 28.1. The van der Waals surface area contributed by atoms with Crippen molar-refractivity contribution < 1.29 is 27.1 Å². The third kappa shape index (κ3) is 8.04. The Bertz CT molecular complexity index is 1400. The average Bonchev–Trinajstić information content (AvgIpc) is 2.94. The van der Waals surface area contributed by atoms with Gasteiger partial charge in [-0.15, -0.1) is 0 Å². The smallest absolute Gasteiger partial charge is 0.264 e. The second kappa shape index (κ2) is 13.8. The number of amides is 2. The molecule has 2 amide bonds. The topological polar surface area (TPSA) is 96.0 Å². The Hall–Kier alpha value is -3.44. The minimum Gasteiger partial charge on any atom is -0.497 e. The highest BCUT2D eigenvalue weighted by atomic mass is 79.9. The molecule has 0 spiro atoms. The van der Waals surface area contributed by atoms with E-state index in [-0.39, 0.29) is 29.0 Å². The van der Waals surface area contributed by atoms with E-state index in [1.54, 1.807) is 6.92 Å². The summed E-state index contributed by atoms with van der Waals surface area (Å²) in [6.07, 6.45) is 0. The van der Waals surface area contributed by atoms with Crippen molar-refractivity contribution in [1.29, 1.82) is 0 Å². The normalized spacial score (nSPS) is 12.1. The molecule has 11 heteroatoms. The first kappa shape index (κ1) is 31.1. The van der Waals surface area contributed by atoms with Crippen molar-refractivity contribution in [1.82, 2.24) is 10.2 Å². The van der Waals surface area contributed by atoms with Crippen molar-refractivity contribution in [3.8, 4) is 5.75 Å². The predicted molar refractivity (Wildman–Crippen MR) is 156 cm³/mol. The first-order valence-electron chi connectivity index (χ1n) is 12.7. The van der Waals surface area contributed by atoms with Crippen LogP contribution in [0.15, 0.2) is 82.2 Å². The number of hydrogen-bond donors (Lipinski definition) is 1. The van der Waals surface area contributed by atoms with Gasteiger partial charge in [0.05, 0.1) is 17.7 Å². The summed E-state index contributed by atoms with van der Waals surface area (Å²) in [5.41, 5.74) is 0.859. The van der Waals surface area contributed by atoms with Crippen molar-refractivity contribution in [2.75, 3.05) is 24.5 Å². The van der Waals surface area contributed by atoms with Crippen LogP contribution in [0.25, 0.3) is 0 Å². The average molecular weight is 635 g/mol. The SMILES string of the molecule is COc1ccc(S(=O)(=O)N(CC(=O)N(Cc2ccc(Br)cc2)[C@@H](C)C(=O)NCC(C)C)c2ccc(F)cc2)cc1. The maximum absolute atomic E-state index is 13.9. The van der Waals surface area contributed by atoms with E-state index in [1.807, 2.05) is 38.1 Å². The Labute approximate surface area is 243 Å². The van der Waals surface area contributed by atoms with Gasteiger partial charge in [0.1, 0.15) is 24.2 Å². The molecule has 40 heavy (non-hydrogen) atoms. The Balaban J connectivity index is 2.00. The maximum Gasteiger partial charge on any atom is 0.264 e. The predicted octanol–water partition coefficient (Wildman–Crippen LogP) is 4.98. The summed E-state index contributed by atoms with van der Waals surface area (Å²) in [6.45, 7) is 5.41. The van der Waals surface area contributed by atoms with Crippen molar-refractivity contribution in [3.63, 3.8) is 0 Å². The number of rotatable bonds is 12. The molecule has 1 atom stereocenters. The van der Waals surface area contributed by atoms with E-state index in [1.165, 1.54) is 48.4 Å². The van der Waals surface area contributed by atoms with Gasteiger partial charge >= 0.3 is 0 Å². The van der Waals surface area contributed by atoms with E-state index in [2.05, 4.69) is 21.2 Å². The van der Waals surface area contributed by atoms with Crippen LogP contribution in [-0.2, 0) is 26.2 Å². The molecule has 0 aromatic heterocycles. The van der Waals surface area contributed by atoms with Gasteiger partial charge in [-0.25, -0.2) is 12.8 Å². The largest absolute Gasteiger partial charge is 0.497 e. The van der Waals surface area contributed by atoms with Crippen LogP contribution < -0.4 is 14.4 Å². The molecule has 0 bridgehead atoms. The molecule has 0 unspecified atom stereocenters. The zero-order valence-electron chi connectivity index (χ0n) is 22.8. The van der Waals surface area contributed by atoms with Gasteiger partial charge in [-0.05, 0) is 79.1 Å². The van der Waals surface area contributed by atoms with Gasteiger partial charge < -0.3 is 15.0 Å². The van der Waals surface area contributed by atoms with E-state index in [0.29, 0.717) is 12.3 Å². The van der Waals surface area contributed by atoms with Crippen LogP contribution in [0.1, 0.15) is 26.3 Å². The molecule has 1 N–H and O–H groups in total. The molecule has 3 aromatic carbocycles. The monoisotopic (exact) mass is 633 g/mol. The van der Waals surface area contributed by atoms with Crippen LogP contribution in [0, 0.1) is 11.7 Å². The van der Waals surface area contributed by atoms with E-state index in [0.717, 1.165) is 26.5 Å². The number of carbonyl (C=O) groups is 2. The van der Waals surface area contributed by atoms with Crippen LogP contribution in [0.2, 0.25) is 0 Å². The highest BCUT2D eigenvalue weighted by Gasteiger charge is 2.32. The molecule has 0 fully saturated rings. The summed E-state index contributed by atoms with van der Waals surface area (Å²) in [5.74, 6) is -0.841. The first-order valence-corrected chi connectivity index (χ1v) is 14.9. The number of benzene rings is 3. The van der Waals surface area contributed by atoms with Crippen molar-refractivity contribution in [3.05, 3.63) is 88.6 Å². The lowest BCUT2D eigenvalue weighted by Gasteiger charge is -2.32. The number of hydrogen-bond acceptors (Lipinski definition) is 5. The van der Waals surface area contributed by atoms with Gasteiger partial charge in [-0.1, -0.05) is 41.9 Å². The summed E-state index contributed by atoms with van der Waals surface area (Å²) < 4.78 is 48.2. The molecular weight excluding hydrogens is 601 g/mol. The van der Waals surface area contributed by atoms with Gasteiger partial charge in [0.25, 0.3) is 10.0 Å². The number of anilines is 1. The Morgan fingerprint density at radius 1 is 0.950 bits per heavy atom. The molecule has 0 saturated heterocycles. The lowest BCUT2D eigenvalue weighted by atomic mass is 10.1. The summed E-state index contributed by atoms with van der Waals surface area (Å²) in [5, 5.41) is 2.84. The lowest BCUT2D eigenvalue weighted by Crippen LogP contribution is -2.51. The summed E-state index contributed by atoms with van der Waals surface area (Å²) in [6, 6.07) is 16.9. The highest BCUT2D eigenvalue weighted by Crippen LogP contribution is 2.26. The lowest BCUT2D eigenvalue weighted by molar-refractivity contribution is -0.139. The van der Waals surface area contributed by atoms with E-state index < -0.39 is 34.3 Å². The van der Waals surface area contributed by atoms with Crippen molar-refractivity contribution >= 4 is 43.5 Å². The van der Waals surface area contributed by atoms with Crippen molar-refractivity contribution in [2.24, 2.45) is 5.92 Å². The molecule has 3 rings (SSSR count). The molecule has 0 aliphatic heterocycles. The fraction of sp³-hybridized carbons (Fsp3) is 0.310. The van der Waals surface area contributed by atoms with E-state index in [9.17, 15) is 22.4 Å². The second-order valence-electron chi connectivity index (χ2n) is 9.63. The highest BCUT2D eigenvalue weighted by molar-refractivity contribution is 9.10. The minimum atomic E-state index is -4.27. The Morgan fingerprint density at radius 2 is 1.55 bits per heavy atom.